The van der Waals surface area contributed by atoms with Crippen LogP contribution in [-0.4, -0.2) is 24.4 Å². The normalized spacial score (nSPS) is 27.2. The lowest BCUT2D eigenvalue weighted by Crippen LogP contribution is -2.39. The first-order valence-electron chi connectivity index (χ1n) is 6.21. The molecule has 1 saturated carbocycles. The van der Waals surface area contributed by atoms with Crippen LogP contribution < -0.4 is 5.73 Å². The molecule has 0 amide bonds. The van der Waals surface area contributed by atoms with Crippen LogP contribution in [0.5, 0.6) is 0 Å². The van der Waals surface area contributed by atoms with E-state index in [-0.39, 0.29) is 6.10 Å². The van der Waals surface area contributed by atoms with Gasteiger partial charge in [-0.2, -0.15) is 0 Å². The molecule has 17 heavy (non-hydrogen) atoms. The summed E-state index contributed by atoms with van der Waals surface area (Å²) < 4.78 is 5.72. The fourth-order valence-electron chi connectivity index (χ4n) is 2.16. The summed E-state index contributed by atoms with van der Waals surface area (Å²) in [5.41, 5.74) is 5.55. The molecule has 1 fully saturated rings. The molecule has 0 aromatic heterocycles. The second-order valence-electron chi connectivity index (χ2n) is 5.15. The highest BCUT2D eigenvalue weighted by Crippen LogP contribution is 2.31. The zero-order chi connectivity index (χ0) is 12.3. The quantitative estimate of drug-likeness (QED) is 0.816. The van der Waals surface area contributed by atoms with Crippen molar-refractivity contribution in [1.29, 1.82) is 0 Å². The van der Waals surface area contributed by atoms with Gasteiger partial charge in [-0.05, 0) is 37.8 Å². The minimum absolute atomic E-state index is 0.277. The van der Waals surface area contributed by atoms with Crippen molar-refractivity contribution in [3.63, 3.8) is 0 Å². The molecule has 1 aliphatic rings. The number of hydrogen-bond acceptors (Lipinski definition) is 3. The molecular formula is C14H21NO2. The summed E-state index contributed by atoms with van der Waals surface area (Å²) in [5, 5.41) is 10.3. The maximum absolute atomic E-state index is 10.3. The van der Waals surface area contributed by atoms with Gasteiger partial charge in [-0.25, -0.2) is 0 Å². The van der Waals surface area contributed by atoms with Gasteiger partial charge < -0.3 is 15.6 Å². The van der Waals surface area contributed by atoms with Gasteiger partial charge in [-0.1, -0.05) is 30.3 Å². The summed E-state index contributed by atoms with van der Waals surface area (Å²) in [6.07, 6.45) is 2.33. The fourth-order valence-corrected chi connectivity index (χ4v) is 2.16. The highest BCUT2D eigenvalue weighted by Gasteiger charge is 2.31. The third-order valence-electron chi connectivity index (χ3n) is 3.52. The number of hydrogen-bond donors (Lipinski definition) is 2. The highest BCUT2D eigenvalue weighted by molar-refractivity contribution is 5.21. The van der Waals surface area contributed by atoms with Crippen LogP contribution in [0.2, 0.25) is 0 Å². The Morgan fingerprint density at radius 3 is 2.59 bits per heavy atom. The maximum Gasteiger partial charge on any atom is 0.110 e. The minimum Gasteiger partial charge on any atom is -0.383 e. The largest absolute Gasteiger partial charge is 0.383 e. The molecular weight excluding hydrogens is 214 g/mol. The van der Waals surface area contributed by atoms with E-state index in [1.807, 2.05) is 30.3 Å². The number of rotatable bonds is 5. The Bertz CT molecular complexity index is 344. The van der Waals surface area contributed by atoms with E-state index in [0.717, 1.165) is 24.9 Å². The smallest absolute Gasteiger partial charge is 0.110 e. The number of aliphatic hydroxyl groups is 1. The first-order chi connectivity index (χ1) is 8.12. The zero-order valence-corrected chi connectivity index (χ0v) is 10.3. The van der Waals surface area contributed by atoms with E-state index in [2.05, 4.69) is 0 Å². The van der Waals surface area contributed by atoms with E-state index in [9.17, 15) is 5.11 Å². The summed E-state index contributed by atoms with van der Waals surface area (Å²) in [6.45, 7) is 2.88. The van der Waals surface area contributed by atoms with E-state index in [1.165, 1.54) is 0 Å². The van der Waals surface area contributed by atoms with Crippen LogP contribution in [0, 0.1) is 5.92 Å². The van der Waals surface area contributed by atoms with Crippen molar-refractivity contribution < 1.29 is 9.84 Å². The number of ether oxygens (including phenoxy) is 1. The molecule has 0 aliphatic heterocycles. The van der Waals surface area contributed by atoms with E-state index in [4.69, 9.17) is 10.5 Å². The summed E-state index contributed by atoms with van der Waals surface area (Å²) in [5.74, 6) is 0.613. The molecule has 0 radical (unpaired) electrons. The van der Waals surface area contributed by atoms with E-state index in [0.29, 0.717) is 12.5 Å². The Morgan fingerprint density at radius 2 is 2.00 bits per heavy atom. The van der Waals surface area contributed by atoms with Crippen LogP contribution in [0.3, 0.4) is 0 Å². The standard InChI is InChI=1S/C14H21NO2/c1-14(16,12-5-3-2-4-6-12)10-17-13-7-11(8-13)9-15/h2-6,11,13,16H,7-10,15H2,1H3. The number of benzene rings is 1. The highest BCUT2D eigenvalue weighted by atomic mass is 16.5. The molecule has 1 atom stereocenters. The summed E-state index contributed by atoms with van der Waals surface area (Å²) in [7, 11) is 0. The minimum atomic E-state index is -0.908. The van der Waals surface area contributed by atoms with E-state index < -0.39 is 5.60 Å². The van der Waals surface area contributed by atoms with Gasteiger partial charge in [0.25, 0.3) is 0 Å². The van der Waals surface area contributed by atoms with Crippen molar-refractivity contribution in [2.45, 2.75) is 31.5 Å². The van der Waals surface area contributed by atoms with Gasteiger partial charge in [0.2, 0.25) is 0 Å². The molecule has 1 aromatic rings. The summed E-state index contributed by atoms with van der Waals surface area (Å²) in [6, 6.07) is 9.65. The lowest BCUT2D eigenvalue weighted by Gasteiger charge is -2.36. The molecule has 1 unspecified atom stereocenters. The molecule has 3 nitrogen and oxygen atoms in total. The second-order valence-corrected chi connectivity index (χ2v) is 5.15. The molecule has 3 N–H and O–H groups in total. The average molecular weight is 235 g/mol. The van der Waals surface area contributed by atoms with Crippen molar-refractivity contribution in [3.05, 3.63) is 35.9 Å². The lowest BCUT2D eigenvalue weighted by atomic mass is 9.82. The molecule has 0 spiro atoms. The topological polar surface area (TPSA) is 55.5 Å². The molecule has 0 bridgehead atoms. The van der Waals surface area contributed by atoms with Crippen LogP contribution in [0.4, 0.5) is 0 Å². The van der Waals surface area contributed by atoms with Crippen LogP contribution in [0.25, 0.3) is 0 Å². The van der Waals surface area contributed by atoms with Crippen molar-refractivity contribution in [1.82, 2.24) is 0 Å². The summed E-state index contributed by atoms with van der Waals surface area (Å²) >= 11 is 0. The predicted molar refractivity (Wildman–Crippen MR) is 67.5 cm³/mol. The van der Waals surface area contributed by atoms with Crippen molar-refractivity contribution in [2.75, 3.05) is 13.2 Å². The van der Waals surface area contributed by atoms with Gasteiger partial charge in [-0.3, -0.25) is 0 Å². The Hall–Kier alpha value is -0.900. The third-order valence-corrected chi connectivity index (χ3v) is 3.52. The average Bonchev–Trinajstić information content (AvgIpc) is 2.28. The number of nitrogens with two attached hydrogens (primary N) is 1. The molecule has 0 heterocycles. The van der Waals surface area contributed by atoms with Gasteiger partial charge >= 0.3 is 0 Å². The SMILES string of the molecule is CC(O)(COC1CC(CN)C1)c1ccccc1. The van der Waals surface area contributed by atoms with Crippen LogP contribution in [0.15, 0.2) is 30.3 Å². The molecule has 1 aliphatic carbocycles. The van der Waals surface area contributed by atoms with Crippen molar-refractivity contribution in [3.8, 4) is 0 Å². The van der Waals surface area contributed by atoms with Crippen molar-refractivity contribution in [2.24, 2.45) is 11.7 Å². The van der Waals surface area contributed by atoms with Crippen LogP contribution in [0.1, 0.15) is 25.3 Å². The van der Waals surface area contributed by atoms with Gasteiger partial charge in [0.15, 0.2) is 0 Å². The van der Waals surface area contributed by atoms with Gasteiger partial charge in [0, 0.05) is 0 Å². The lowest BCUT2D eigenvalue weighted by molar-refractivity contribution is -0.101. The maximum atomic E-state index is 10.3. The van der Waals surface area contributed by atoms with Crippen LogP contribution >= 0.6 is 0 Å². The first-order valence-corrected chi connectivity index (χ1v) is 6.21. The van der Waals surface area contributed by atoms with Gasteiger partial charge in [-0.15, -0.1) is 0 Å². The van der Waals surface area contributed by atoms with Gasteiger partial charge in [0.1, 0.15) is 5.60 Å². The Balaban J connectivity index is 1.82. The van der Waals surface area contributed by atoms with E-state index >= 15 is 0 Å². The Morgan fingerprint density at radius 1 is 1.35 bits per heavy atom. The Labute approximate surface area is 103 Å². The van der Waals surface area contributed by atoms with Gasteiger partial charge in [0.05, 0.1) is 12.7 Å². The van der Waals surface area contributed by atoms with Crippen LogP contribution in [-0.2, 0) is 10.3 Å². The zero-order valence-electron chi connectivity index (χ0n) is 10.3. The molecule has 2 rings (SSSR count). The third kappa shape index (κ3) is 3.06. The monoisotopic (exact) mass is 235 g/mol. The molecule has 0 saturated heterocycles. The molecule has 3 heteroatoms. The summed E-state index contributed by atoms with van der Waals surface area (Å²) in [4.78, 5) is 0. The molecule has 94 valence electrons. The van der Waals surface area contributed by atoms with E-state index in [1.54, 1.807) is 6.92 Å². The fraction of sp³-hybridized carbons (Fsp3) is 0.571. The second kappa shape index (κ2) is 5.17. The Kier molecular flexibility index (Phi) is 3.82. The predicted octanol–water partition coefficient (Wildman–Crippen LogP) is 1.65. The first kappa shape index (κ1) is 12.6. The van der Waals surface area contributed by atoms with Crippen molar-refractivity contribution >= 4 is 0 Å². The molecule has 1 aromatic carbocycles.